The maximum Gasteiger partial charge on any atom is 0.403 e. The highest BCUT2D eigenvalue weighted by Crippen LogP contribution is 2.26. The third-order valence-electron chi connectivity index (χ3n) is 1.78. The molecular formula is C10H9Br2F3O. The number of benzene rings is 1. The lowest BCUT2D eigenvalue weighted by Crippen LogP contribution is -2.27. The quantitative estimate of drug-likeness (QED) is 0.727. The fourth-order valence-electron chi connectivity index (χ4n) is 1.00. The predicted octanol–water partition coefficient (Wildman–Crippen LogP) is 4.29. The molecule has 0 bridgehead atoms. The van der Waals surface area contributed by atoms with E-state index < -0.39 is 17.6 Å². The van der Waals surface area contributed by atoms with Crippen LogP contribution < -0.4 is 0 Å². The lowest BCUT2D eigenvalue weighted by Gasteiger charge is -2.14. The topological polar surface area (TPSA) is 9.23 Å². The SMILES string of the molecule is FC(F)(F)C(Br)COCc1cccc(Br)c1. The highest BCUT2D eigenvalue weighted by atomic mass is 79.9. The maximum atomic E-state index is 12.1. The van der Waals surface area contributed by atoms with Crippen molar-refractivity contribution in [1.82, 2.24) is 0 Å². The number of rotatable bonds is 4. The second kappa shape index (κ2) is 6.02. The van der Waals surface area contributed by atoms with Gasteiger partial charge in [-0.25, -0.2) is 0 Å². The van der Waals surface area contributed by atoms with E-state index in [0.29, 0.717) is 0 Å². The Morgan fingerprint density at radius 3 is 2.56 bits per heavy atom. The average Bonchev–Trinajstić information content (AvgIpc) is 2.16. The molecule has 0 spiro atoms. The second-order valence-electron chi connectivity index (χ2n) is 3.15. The molecule has 16 heavy (non-hydrogen) atoms. The van der Waals surface area contributed by atoms with Gasteiger partial charge in [0.05, 0.1) is 13.2 Å². The number of alkyl halides is 4. The van der Waals surface area contributed by atoms with Gasteiger partial charge in [-0.1, -0.05) is 44.0 Å². The Morgan fingerprint density at radius 1 is 1.31 bits per heavy atom. The summed E-state index contributed by atoms with van der Waals surface area (Å²) < 4.78 is 42.2. The molecule has 0 aliphatic heterocycles. The molecule has 0 amide bonds. The zero-order valence-corrected chi connectivity index (χ0v) is 11.3. The summed E-state index contributed by atoms with van der Waals surface area (Å²) in [5.41, 5.74) is 0.830. The molecule has 1 aromatic carbocycles. The molecule has 1 atom stereocenters. The summed E-state index contributed by atoms with van der Waals surface area (Å²) in [4.78, 5) is -1.62. The highest BCUT2D eigenvalue weighted by Gasteiger charge is 2.37. The van der Waals surface area contributed by atoms with Crippen LogP contribution in [0.5, 0.6) is 0 Å². The van der Waals surface area contributed by atoms with Gasteiger partial charge in [0.1, 0.15) is 4.83 Å². The van der Waals surface area contributed by atoms with Crippen LogP contribution in [-0.4, -0.2) is 17.6 Å². The summed E-state index contributed by atoms with van der Waals surface area (Å²) in [6.45, 7) is -0.229. The van der Waals surface area contributed by atoms with Gasteiger partial charge in [0.15, 0.2) is 0 Å². The standard InChI is InChI=1S/C10H9Br2F3O/c11-8-3-1-2-7(4-8)5-16-6-9(12)10(13,14)15/h1-4,9H,5-6H2. The second-order valence-corrected chi connectivity index (χ2v) is 5.18. The molecule has 0 aliphatic rings. The zero-order chi connectivity index (χ0) is 12.2. The van der Waals surface area contributed by atoms with Crippen molar-refractivity contribution in [3.05, 3.63) is 34.3 Å². The van der Waals surface area contributed by atoms with E-state index in [0.717, 1.165) is 10.0 Å². The summed E-state index contributed by atoms with van der Waals surface area (Å²) in [7, 11) is 0. The molecule has 0 heterocycles. The van der Waals surface area contributed by atoms with Crippen molar-refractivity contribution in [2.45, 2.75) is 17.6 Å². The van der Waals surface area contributed by atoms with Gasteiger partial charge in [-0.15, -0.1) is 0 Å². The predicted molar refractivity (Wildman–Crippen MR) is 62.6 cm³/mol. The molecule has 0 fully saturated rings. The van der Waals surface area contributed by atoms with Gasteiger partial charge in [0, 0.05) is 4.47 Å². The number of hydrogen-bond acceptors (Lipinski definition) is 1. The molecule has 90 valence electrons. The molecule has 6 heteroatoms. The minimum atomic E-state index is -4.27. The minimum absolute atomic E-state index is 0.164. The smallest absolute Gasteiger partial charge is 0.375 e. The van der Waals surface area contributed by atoms with Gasteiger partial charge in [-0.05, 0) is 17.7 Å². The van der Waals surface area contributed by atoms with Crippen LogP contribution in [-0.2, 0) is 11.3 Å². The molecule has 0 radical (unpaired) electrons. The van der Waals surface area contributed by atoms with Crippen LogP contribution in [0.4, 0.5) is 13.2 Å². The Morgan fingerprint density at radius 2 is 2.00 bits per heavy atom. The first kappa shape index (κ1) is 14.0. The van der Waals surface area contributed by atoms with Gasteiger partial charge >= 0.3 is 6.18 Å². The van der Waals surface area contributed by atoms with Crippen LogP contribution in [0.1, 0.15) is 5.56 Å². The molecule has 0 saturated carbocycles. The average molecular weight is 362 g/mol. The molecule has 0 aliphatic carbocycles. The first-order valence-corrected chi connectivity index (χ1v) is 6.13. The van der Waals surface area contributed by atoms with Crippen LogP contribution in [0.3, 0.4) is 0 Å². The van der Waals surface area contributed by atoms with Gasteiger partial charge < -0.3 is 4.74 Å². The van der Waals surface area contributed by atoms with Crippen LogP contribution in [0.25, 0.3) is 0 Å². The molecule has 0 saturated heterocycles. The van der Waals surface area contributed by atoms with Crippen molar-refractivity contribution in [3.8, 4) is 0 Å². The van der Waals surface area contributed by atoms with Crippen LogP contribution >= 0.6 is 31.9 Å². The van der Waals surface area contributed by atoms with E-state index in [1.807, 2.05) is 6.07 Å². The minimum Gasteiger partial charge on any atom is -0.375 e. The van der Waals surface area contributed by atoms with Crippen molar-refractivity contribution in [2.24, 2.45) is 0 Å². The molecular weight excluding hydrogens is 353 g/mol. The van der Waals surface area contributed by atoms with Crippen molar-refractivity contribution < 1.29 is 17.9 Å². The Bertz CT molecular complexity index is 341. The third kappa shape index (κ3) is 4.84. The van der Waals surface area contributed by atoms with Gasteiger partial charge in [0.2, 0.25) is 0 Å². The molecule has 0 N–H and O–H groups in total. The maximum absolute atomic E-state index is 12.1. The third-order valence-corrected chi connectivity index (χ3v) is 3.05. The van der Waals surface area contributed by atoms with Crippen molar-refractivity contribution in [1.29, 1.82) is 0 Å². The van der Waals surface area contributed by atoms with E-state index in [1.165, 1.54) is 0 Å². The molecule has 1 nitrogen and oxygen atoms in total. The van der Waals surface area contributed by atoms with Gasteiger partial charge in [-0.2, -0.15) is 13.2 Å². The van der Waals surface area contributed by atoms with Crippen molar-refractivity contribution in [3.63, 3.8) is 0 Å². The summed E-state index contributed by atoms with van der Waals surface area (Å²) in [6.07, 6.45) is -4.27. The van der Waals surface area contributed by atoms with E-state index in [4.69, 9.17) is 4.74 Å². The fourth-order valence-corrected chi connectivity index (χ4v) is 1.64. The summed E-state index contributed by atoms with van der Waals surface area (Å²) in [5.74, 6) is 0. The first-order chi connectivity index (χ1) is 7.39. The van der Waals surface area contributed by atoms with Crippen LogP contribution in [0.15, 0.2) is 28.7 Å². The molecule has 1 aromatic rings. The van der Waals surface area contributed by atoms with Gasteiger partial charge in [0.25, 0.3) is 0 Å². The molecule has 1 unspecified atom stereocenters. The first-order valence-electron chi connectivity index (χ1n) is 4.42. The Hall–Kier alpha value is -0.0700. The highest BCUT2D eigenvalue weighted by molar-refractivity contribution is 9.10. The molecule has 0 aromatic heterocycles. The number of ether oxygens (including phenoxy) is 1. The molecule has 1 rings (SSSR count). The van der Waals surface area contributed by atoms with Crippen molar-refractivity contribution >= 4 is 31.9 Å². The van der Waals surface area contributed by atoms with Crippen LogP contribution in [0, 0.1) is 0 Å². The van der Waals surface area contributed by atoms with Crippen LogP contribution in [0.2, 0.25) is 0 Å². The summed E-state index contributed by atoms with van der Waals surface area (Å²) in [5, 5.41) is 0. The summed E-state index contributed by atoms with van der Waals surface area (Å²) in [6, 6.07) is 7.24. The monoisotopic (exact) mass is 360 g/mol. The lowest BCUT2D eigenvalue weighted by molar-refractivity contribution is -0.138. The van der Waals surface area contributed by atoms with Gasteiger partial charge in [-0.3, -0.25) is 0 Å². The Labute approximate surface area is 108 Å². The summed E-state index contributed by atoms with van der Waals surface area (Å²) >= 11 is 5.80. The van der Waals surface area contributed by atoms with Crippen molar-refractivity contribution in [2.75, 3.05) is 6.61 Å². The van der Waals surface area contributed by atoms with E-state index >= 15 is 0 Å². The van der Waals surface area contributed by atoms with E-state index in [1.54, 1.807) is 18.2 Å². The largest absolute Gasteiger partial charge is 0.403 e. The van der Waals surface area contributed by atoms with E-state index in [9.17, 15) is 13.2 Å². The Balaban J connectivity index is 2.36. The number of hydrogen-bond donors (Lipinski definition) is 0. The van der Waals surface area contributed by atoms with E-state index in [-0.39, 0.29) is 6.61 Å². The Kier molecular flexibility index (Phi) is 5.27. The normalized spacial score (nSPS) is 13.8. The lowest BCUT2D eigenvalue weighted by atomic mass is 10.2. The van der Waals surface area contributed by atoms with E-state index in [2.05, 4.69) is 31.9 Å². The zero-order valence-electron chi connectivity index (χ0n) is 8.10. The fraction of sp³-hybridized carbons (Fsp3) is 0.400. The number of halogens is 5.